The Balaban J connectivity index is 1.84. The minimum absolute atomic E-state index is 0.0174. The maximum Gasteiger partial charge on any atom is 0.234 e. The quantitative estimate of drug-likeness (QED) is 0.842. The van der Waals surface area contributed by atoms with Crippen molar-refractivity contribution in [1.82, 2.24) is 4.90 Å². The van der Waals surface area contributed by atoms with Crippen molar-refractivity contribution in [3.8, 4) is 11.5 Å². The number of carbonyl (C=O) groups is 1. The minimum Gasteiger partial charge on any atom is -0.497 e. The molecule has 1 heterocycles. The van der Waals surface area contributed by atoms with Crippen molar-refractivity contribution in [3.05, 3.63) is 59.7 Å². The molecule has 0 N–H and O–H groups in total. The van der Waals surface area contributed by atoms with Crippen LogP contribution in [0.2, 0.25) is 0 Å². The summed E-state index contributed by atoms with van der Waals surface area (Å²) in [5.41, 5.74) is 2.15. The van der Waals surface area contributed by atoms with Gasteiger partial charge in [0.2, 0.25) is 5.91 Å². The summed E-state index contributed by atoms with van der Waals surface area (Å²) in [5.74, 6) is 2.28. The molecule has 2 aromatic carbocycles. The molecule has 1 fully saturated rings. The minimum atomic E-state index is 0.0174. The second-order valence-electron chi connectivity index (χ2n) is 5.31. The Morgan fingerprint density at radius 2 is 1.78 bits per heavy atom. The molecule has 1 unspecified atom stereocenters. The van der Waals surface area contributed by atoms with Crippen molar-refractivity contribution in [2.24, 2.45) is 0 Å². The first-order valence-corrected chi connectivity index (χ1v) is 8.44. The molecular formula is C18H19NO3S. The molecule has 120 valence electrons. The number of nitrogens with zero attached hydrogens (tertiary/aromatic N) is 1. The molecule has 3 rings (SSSR count). The van der Waals surface area contributed by atoms with Crippen LogP contribution in [0.25, 0.3) is 0 Å². The molecule has 1 saturated heterocycles. The number of rotatable bonds is 5. The van der Waals surface area contributed by atoms with Crippen LogP contribution in [0, 0.1) is 0 Å². The smallest absolute Gasteiger partial charge is 0.234 e. The topological polar surface area (TPSA) is 38.8 Å². The SMILES string of the molecule is COc1cccc(CN2C(=O)CSC2c2cccc(OC)c2)c1. The van der Waals surface area contributed by atoms with Gasteiger partial charge in [0.15, 0.2) is 0 Å². The highest BCUT2D eigenvalue weighted by atomic mass is 32.2. The number of hydrogen-bond donors (Lipinski definition) is 0. The normalized spacial score (nSPS) is 17.4. The second kappa shape index (κ2) is 6.96. The van der Waals surface area contributed by atoms with Gasteiger partial charge in [-0.15, -0.1) is 11.8 Å². The molecule has 0 spiro atoms. The first kappa shape index (κ1) is 15.7. The Morgan fingerprint density at radius 3 is 2.52 bits per heavy atom. The summed E-state index contributed by atoms with van der Waals surface area (Å²) < 4.78 is 10.6. The van der Waals surface area contributed by atoms with E-state index in [2.05, 4.69) is 0 Å². The van der Waals surface area contributed by atoms with Gasteiger partial charge in [0.25, 0.3) is 0 Å². The Morgan fingerprint density at radius 1 is 1.09 bits per heavy atom. The average Bonchev–Trinajstić information content (AvgIpc) is 2.96. The third kappa shape index (κ3) is 3.45. The zero-order valence-electron chi connectivity index (χ0n) is 13.2. The first-order chi connectivity index (χ1) is 11.2. The average molecular weight is 329 g/mol. The fourth-order valence-corrected chi connectivity index (χ4v) is 3.84. The molecule has 0 radical (unpaired) electrons. The van der Waals surface area contributed by atoms with Gasteiger partial charge in [-0.3, -0.25) is 4.79 Å². The van der Waals surface area contributed by atoms with Gasteiger partial charge in [0, 0.05) is 6.54 Å². The lowest BCUT2D eigenvalue weighted by Crippen LogP contribution is -2.27. The van der Waals surface area contributed by atoms with E-state index in [9.17, 15) is 4.79 Å². The number of carbonyl (C=O) groups excluding carboxylic acids is 1. The van der Waals surface area contributed by atoms with Crippen LogP contribution in [0.1, 0.15) is 16.5 Å². The highest BCUT2D eigenvalue weighted by molar-refractivity contribution is 8.00. The molecule has 1 amide bonds. The molecule has 23 heavy (non-hydrogen) atoms. The highest BCUT2D eigenvalue weighted by Crippen LogP contribution is 2.40. The van der Waals surface area contributed by atoms with E-state index in [0.29, 0.717) is 12.3 Å². The van der Waals surface area contributed by atoms with Crippen LogP contribution >= 0.6 is 11.8 Å². The summed E-state index contributed by atoms with van der Waals surface area (Å²) in [6.45, 7) is 0.574. The van der Waals surface area contributed by atoms with E-state index in [1.165, 1.54) is 0 Å². The number of thioether (sulfide) groups is 1. The highest BCUT2D eigenvalue weighted by Gasteiger charge is 2.32. The monoisotopic (exact) mass is 329 g/mol. The maximum absolute atomic E-state index is 12.3. The van der Waals surface area contributed by atoms with Crippen molar-refractivity contribution < 1.29 is 14.3 Å². The largest absolute Gasteiger partial charge is 0.497 e. The molecular weight excluding hydrogens is 310 g/mol. The van der Waals surface area contributed by atoms with Gasteiger partial charge < -0.3 is 14.4 Å². The zero-order valence-corrected chi connectivity index (χ0v) is 14.0. The fourth-order valence-electron chi connectivity index (χ4n) is 2.66. The molecule has 5 heteroatoms. The maximum atomic E-state index is 12.3. The number of hydrogen-bond acceptors (Lipinski definition) is 4. The Bertz CT molecular complexity index is 704. The van der Waals surface area contributed by atoms with Gasteiger partial charge in [-0.05, 0) is 35.4 Å². The van der Waals surface area contributed by atoms with Gasteiger partial charge in [-0.2, -0.15) is 0 Å². The molecule has 0 aromatic heterocycles. The van der Waals surface area contributed by atoms with E-state index in [1.54, 1.807) is 26.0 Å². The van der Waals surface area contributed by atoms with Gasteiger partial charge in [0.1, 0.15) is 16.9 Å². The van der Waals surface area contributed by atoms with Crippen molar-refractivity contribution in [1.29, 1.82) is 0 Å². The Labute approximate surface area is 140 Å². The van der Waals surface area contributed by atoms with Crippen LogP contribution in [0.15, 0.2) is 48.5 Å². The van der Waals surface area contributed by atoms with Crippen LogP contribution < -0.4 is 9.47 Å². The van der Waals surface area contributed by atoms with Crippen molar-refractivity contribution >= 4 is 17.7 Å². The van der Waals surface area contributed by atoms with Crippen LogP contribution in [-0.2, 0) is 11.3 Å². The molecule has 0 saturated carbocycles. The van der Waals surface area contributed by atoms with Gasteiger partial charge in [0.05, 0.1) is 20.0 Å². The summed E-state index contributed by atoms with van der Waals surface area (Å²) in [5, 5.41) is 0.0174. The predicted molar refractivity (Wildman–Crippen MR) is 91.7 cm³/mol. The lowest BCUT2D eigenvalue weighted by atomic mass is 10.1. The Kier molecular flexibility index (Phi) is 4.76. The van der Waals surface area contributed by atoms with Crippen molar-refractivity contribution in [2.45, 2.75) is 11.9 Å². The lowest BCUT2D eigenvalue weighted by molar-refractivity contribution is -0.128. The van der Waals surface area contributed by atoms with Crippen molar-refractivity contribution in [2.75, 3.05) is 20.0 Å². The van der Waals surface area contributed by atoms with Gasteiger partial charge in [-0.25, -0.2) is 0 Å². The standard InChI is InChI=1S/C18H19NO3S/c1-21-15-7-3-5-13(9-15)11-19-17(20)12-23-18(19)14-6-4-8-16(10-14)22-2/h3-10,18H,11-12H2,1-2H3. The number of ether oxygens (including phenoxy) is 2. The number of amides is 1. The van der Waals surface area contributed by atoms with E-state index < -0.39 is 0 Å². The third-order valence-corrected chi connectivity index (χ3v) is 5.09. The first-order valence-electron chi connectivity index (χ1n) is 7.39. The van der Waals surface area contributed by atoms with E-state index in [0.717, 1.165) is 22.6 Å². The third-order valence-electron chi connectivity index (χ3n) is 3.83. The summed E-state index contributed by atoms with van der Waals surface area (Å²) >= 11 is 1.65. The van der Waals surface area contributed by atoms with E-state index in [-0.39, 0.29) is 11.3 Å². The zero-order chi connectivity index (χ0) is 16.2. The van der Waals surface area contributed by atoms with E-state index in [4.69, 9.17) is 9.47 Å². The van der Waals surface area contributed by atoms with Crippen LogP contribution in [-0.4, -0.2) is 30.8 Å². The van der Waals surface area contributed by atoms with E-state index in [1.807, 2.05) is 53.4 Å². The van der Waals surface area contributed by atoms with Gasteiger partial charge >= 0.3 is 0 Å². The fraction of sp³-hybridized carbons (Fsp3) is 0.278. The molecule has 1 aliphatic heterocycles. The molecule has 2 aromatic rings. The molecule has 0 bridgehead atoms. The van der Waals surface area contributed by atoms with Gasteiger partial charge in [-0.1, -0.05) is 24.3 Å². The van der Waals surface area contributed by atoms with E-state index >= 15 is 0 Å². The predicted octanol–water partition coefficient (Wildman–Crippen LogP) is 3.48. The van der Waals surface area contributed by atoms with Crippen LogP contribution in [0.4, 0.5) is 0 Å². The molecule has 1 aliphatic rings. The molecule has 1 atom stereocenters. The Hall–Kier alpha value is -2.14. The van der Waals surface area contributed by atoms with Crippen LogP contribution in [0.5, 0.6) is 11.5 Å². The number of methoxy groups -OCH3 is 2. The summed E-state index contributed by atoms with van der Waals surface area (Å²) in [7, 11) is 3.30. The van der Waals surface area contributed by atoms with Crippen LogP contribution in [0.3, 0.4) is 0 Å². The summed E-state index contributed by atoms with van der Waals surface area (Å²) in [6.07, 6.45) is 0. The second-order valence-corrected chi connectivity index (χ2v) is 6.38. The summed E-state index contributed by atoms with van der Waals surface area (Å²) in [6, 6.07) is 15.7. The molecule has 0 aliphatic carbocycles. The lowest BCUT2D eigenvalue weighted by Gasteiger charge is -2.24. The summed E-state index contributed by atoms with van der Waals surface area (Å²) in [4.78, 5) is 14.2. The number of benzene rings is 2. The molecule has 4 nitrogen and oxygen atoms in total. The van der Waals surface area contributed by atoms with Crippen molar-refractivity contribution in [3.63, 3.8) is 0 Å².